The van der Waals surface area contributed by atoms with Crippen molar-refractivity contribution in [2.45, 2.75) is 32.3 Å². The lowest BCUT2D eigenvalue weighted by Gasteiger charge is -2.15. The Morgan fingerprint density at radius 1 is 0.789 bits per heavy atom. The smallest absolute Gasteiger partial charge is 0.0804 e. The van der Waals surface area contributed by atoms with Gasteiger partial charge in [0.15, 0.2) is 0 Å². The van der Waals surface area contributed by atoms with Crippen molar-refractivity contribution in [1.29, 1.82) is 0 Å². The number of methoxy groups -OCH3 is 2. The Kier molecular flexibility index (Phi) is 15.7. The molecule has 0 rings (SSSR count). The molecule has 0 fully saturated rings. The first-order valence-corrected chi connectivity index (χ1v) is 7.10. The molecule has 0 radical (unpaired) electrons. The van der Waals surface area contributed by atoms with Crippen LogP contribution < -0.4 is 0 Å². The fourth-order valence-electron chi connectivity index (χ4n) is 1.50. The Bertz CT molecular complexity index is 166. The molecule has 0 saturated heterocycles. The molecule has 0 aliphatic heterocycles. The molecule has 0 aliphatic rings. The highest BCUT2D eigenvalue weighted by molar-refractivity contribution is 4.55. The maximum Gasteiger partial charge on any atom is 0.0804 e. The number of unbranched alkanes of at least 4 members (excludes halogenated alkanes) is 1. The van der Waals surface area contributed by atoms with E-state index in [9.17, 15) is 0 Å². The molecule has 0 aromatic heterocycles. The zero-order chi connectivity index (χ0) is 14.2. The first-order valence-electron chi connectivity index (χ1n) is 7.10. The van der Waals surface area contributed by atoms with E-state index in [0.717, 1.165) is 6.42 Å². The second-order valence-corrected chi connectivity index (χ2v) is 4.29. The van der Waals surface area contributed by atoms with Gasteiger partial charge in [-0.1, -0.05) is 19.8 Å². The van der Waals surface area contributed by atoms with Gasteiger partial charge in [0.25, 0.3) is 0 Å². The first-order chi connectivity index (χ1) is 9.35. The van der Waals surface area contributed by atoms with Gasteiger partial charge < -0.3 is 23.7 Å². The van der Waals surface area contributed by atoms with Crippen molar-refractivity contribution < 1.29 is 23.7 Å². The van der Waals surface area contributed by atoms with Crippen molar-refractivity contribution in [2.24, 2.45) is 0 Å². The molecule has 0 amide bonds. The second-order valence-electron chi connectivity index (χ2n) is 4.29. The van der Waals surface area contributed by atoms with Crippen LogP contribution in [-0.2, 0) is 23.7 Å². The fourth-order valence-corrected chi connectivity index (χ4v) is 1.50. The van der Waals surface area contributed by atoms with Crippen LogP contribution in [0.25, 0.3) is 0 Å². The predicted molar refractivity (Wildman–Crippen MR) is 74.7 cm³/mol. The number of rotatable bonds is 15. The van der Waals surface area contributed by atoms with E-state index in [1.807, 2.05) is 0 Å². The van der Waals surface area contributed by atoms with Crippen LogP contribution in [0, 0.1) is 0 Å². The number of hydrogen-bond acceptors (Lipinski definition) is 5. The summed E-state index contributed by atoms with van der Waals surface area (Å²) < 4.78 is 26.4. The van der Waals surface area contributed by atoms with Crippen LogP contribution in [0.15, 0.2) is 0 Å². The van der Waals surface area contributed by atoms with E-state index in [1.165, 1.54) is 12.8 Å². The van der Waals surface area contributed by atoms with Crippen molar-refractivity contribution in [2.75, 3.05) is 60.5 Å². The maximum atomic E-state index is 5.52. The lowest BCUT2D eigenvalue weighted by atomic mass is 10.2. The highest BCUT2D eigenvalue weighted by Gasteiger charge is 2.06. The van der Waals surface area contributed by atoms with E-state index in [1.54, 1.807) is 14.2 Å². The molecule has 1 unspecified atom stereocenters. The average Bonchev–Trinajstić information content (AvgIpc) is 2.44. The third-order valence-electron chi connectivity index (χ3n) is 2.69. The molecule has 0 aliphatic carbocycles. The van der Waals surface area contributed by atoms with Gasteiger partial charge in [0.05, 0.1) is 52.4 Å². The largest absolute Gasteiger partial charge is 0.382 e. The minimum Gasteiger partial charge on any atom is -0.382 e. The Morgan fingerprint density at radius 2 is 1.37 bits per heavy atom. The van der Waals surface area contributed by atoms with Crippen LogP contribution in [0.3, 0.4) is 0 Å². The molecule has 0 N–H and O–H groups in total. The van der Waals surface area contributed by atoms with Gasteiger partial charge in [0.1, 0.15) is 0 Å². The van der Waals surface area contributed by atoms with Gasteiger partial charge in [-0.3, -0.25) is 0 Å². The van der Waals surface area contributed by atoms with Crippen LogP contribution in [0.4, 0.5) is 0 Å². The number of hydrogen-bond donors (Lipinski definition) is 0. The summed E-state index contributed by atoms with van der Waals surface area (Å²) in [5.41, 5.74) is 0. The van der Waals surface area contributed by atoms with Gasteiger partial charge >= 0.3 is 0 Å². The van der Waals surface area contributed by atoms with Gasteiger partial charge in [0, 0.05) is 14.2 Å². The molecule has 116 valence electrons. The van der Waals surface area contributed by atoms with Crippen molar-refractivity contribution in [1.82, 2.24) is 0 Å². The zero-order valence-corrected chi connectivity index (χ0v) is 12.7. The monoisotopic (exact) mass is 278 g/mol. The lowest BCUT2D eigenvalue weighted by molar-refractivity contribution is -0.0269. The molecule has 0 bridgehead atoms. The highest BCUT2D eigenvalue weighted by Crippen LogP contribution is 2.04. The van der Waals surface area contributed by atoms with Crippen molar-refractivity contribution >= 4 is 0 Å². The summed E-state index contributed by atoms with van der Waals surface area (Å²) in [6, 6.07) is 0. The third kappa shape index (κ3) is 14.0. The standard InChI is InChI=1S/C14H30O5/c1-4-5-6-14(16-3)13-19-12-11-18-10-9-17-8-7-15-2/h14H,4-13H2,1-3H3. The molecule has 0 spiro atoms. The van der Waals surface area contributed by atoms with Gasteiger partial charge in [-0.2, -0.15) is 0 Å². The molecule has 0 aromatic carbocycles. The normalized spacial score (nSPS) is 12.8. The van der Waals surface area contributed by atoms with Gasteiger partial charge in [0.2, 0.25) is 0 Å². The molecule has 19 heavy (non-hydrogen) atoms. The molecule has 0 heterocycles. The number of ether oxygens (including phenoxy) is 5. The summed E-state index contributed by atoms with van der Waals surface area (Å²) in [7, 11) is 3.39. The minimum atomic E-state index is 0.206. The summed E-state index contributed by atoms with van der Waals surface area (Å²) in [6.07, 6.45) is 3.63. The Balaban J connectivity index is 3.16. The Morgan fingerprint density at radius 3 is 1.89 bits per heavy atom. The summed E-state index contributed by atoms with van der Waals surface area (Å²) in [5.74, 6) is 0. The minimum absolute atomic E-state index is 0.206. The summed E-state index contributed by atoms with van der Waals surface area (Å²) >= 11 is 0. The Labute approximate surface area is 117 Å². The summed E-state index contributed by atoms with van der Waals surface area (Å²) in [4.78, 5) is 0. The van der Waals surface area contributed by atoms with E-state index >= 15 is 0 Å². The van der Waals surface area contributed by atoms with Crippen LogP contribution >= 0.6 is 0 Å². The van der Waals surface area contributed by atoms with Crippen molar-refractivity contribution in [3.05, 3.63) is 0 Å². The SMILES string of the molecule is CCCCC(COCCOCCOCCOC)OC. The average molecular weight is 278 g/mol. The van der Waals surface area contributed by atoms with Crippen LogP contribution in [0.1, 0.15) is 26.2 Å². The maximum absolute atomic E-state index is 5.52. The van der Waals surface area contributed by atoms with Crippen LogP contribution in [0.2, 0.25) is 0 Å². The Hall–Kier alpha value is -0.200. The summed E-state index contributed by atoms with van der Waals surface area (Å²) in [5, 5.41) is 0. The summed E-state index contributed by atoms with van der Waals surface area (Å²) in [6.45, 7) is 6.45. The topological polar surface area (TPSA) is 46.2 Å². The van der Waals surface area contributed by atoms with Gasteiger partial charge in [-0.05, 0) is 6.42 Å². The van der Waals surface area contributed by atoms with Crippen LogP contribution in [-0.4, -0.2) is 66.6 Å². The predicted octanol–water partition coefficient (Wildman–Crippen LogP) is 1.89. The van der Waals surface area contributed by atoms with E-state index in [-0.39, 0.29) is 6.10 Å². The molecule has 1 atom stereocenters. The molecular formula is C14H30O5. The van der Waals surface area contributed by atoms with E-state index in [0.29, 0.717) is 46.2 Å². The second kappa shape index (κ2) is 15.9. The third-order valence-corrected chi connectivity index (χ3v) is 2.69. The molecule has 5 nitrogen and oxygen atoms in total. The van der Waals surface area contributed by atoms with Crippen molar-refractivity contribution in [3.8, 4) is 0 Å². The van der Waals surface area contributed by atoms with Crippen LogP contribution in [0.5, 0.6) is 0 Å². The first kappa shape index (κ1) is 18.8. The highest BCUT2D eigenvalue weighted by atomic mass is 16.6. The van der Waals surface area contributed by atoms with Gasteiger partial charge in [-0.25, -0.2) is 0 Å². The quantitative estimate of drug-likeness (QED) is 0.428. The van der Waals surface area contributed by atoms with E-state index < -0.39 is 0 Å². The molecule has 0 aromatic rings. The lowest BCUT2D eigenvalue weighted by Crippen LogP contribution is -2.20. The van der Waals surface area contributed by atoms with E-state index in [2.05, 4.69) is 6.92 Å². The van der Waals surface area contributed by atoms with Gasteiger partial charge in [-0.15, -0.1) is 0 Å². The molecule has 5 heteroatoms. The fraction of sp³-hybridized carbons (Fsp3) is 1.00. The molecular weight excluding hydrogens is 248 g/mol. The van der Waals surface area contributed by atoms with Crippen molar-refractivity contribution in [3.63, 3.8) is 0 Å². The zero-order valence-electron chi connectivity index (χ0n) is 12.7. The van der Waals surface area contributed by atoms with E-state index in [4.69, 9.17) is 23.7 Å². The molecule has 0 saturated carbocycles.